The molecule has 18 heteroatoms. The smallest absolute Gasteiger partial charge is 0.274 e. The number of rotatable bonds is 16. The van der Waals surface area contributed by atoms with Crippen LogP contribution in [0.1, 0.15) is 68.3 Å². The molecule has 2 aliphatic rings. The van der Waals surface area contributed by atoms with Gasteiger partial charge < -0.3 is 35.6 Å². The summed E-state index contributed by atoms with van der Waals surface area (Å²) in [6, 6.07) is 18.8. The molecule has 4 atom stereocenters. The van der Waals surface area contributed by atoms with Crippen LogP contribution < -0.4 is 25.6 Å². The van der Waals surface area contributed by atoms with Gasteiger partial charge in [0.05, 0.1) is 47.7 Å². The number of ether oxygens (including phenoxy) is 1. The lowest BCUT2D eigenvalue weighted by molar-refractivity contribution is -0.144. The van der Waals surface area contributed by atoms with E-state index in [9.17, 15) is 28.7 Å². The summed E-state index contributed by atoms with van der Waals surface area (Å²) in [5.74, 6) is -1.25. The molecule has 0 radical (unpaired) electrons. The maximum Gasteiger partial charge on any atom is 0.274 e. The van der Waals surface area contributed by atoms with E-state index in [0.29, 0.717) is 55.4 Å². The molecule has 5 heterocycles. The average Bonchev–Trinajstić information content (AvgIpc) is 4.09. The normalized spacial score (nSPS) is 17.6. The van der Waals surface area contributed by atoms with Crippen molar-refractivity contribution in [1.82, 2.24) is 45.4 Å². The van der Waals surface area contributed by atoms with Gasteiger partial charge in [0.15, 0.2) is 0 Å². The van der Waals surface area contributed by atoms with Crippen molar-refractivity contribution >= 4 is 35.0 Å². The van der Waals surface area contributed by atoms with Crippen molar-refractivity contribution in [3.05, 3.63) is 95.9 Å². The van der Waals surface area contributed by atoms with Crippen molar-refractivity contribution in [2.75, 3.05) is 63.3 Å². The monoisotopic (exact) mass is 905 g/mol. The number of aromatic amines is 1. The number of likely N-dealkylation sites (tertiary alicyclic amines) is 1. The van der Waals surface area contributed by atoms with Gasteiger partial charge in [-0.15, -0.1) is 0 Å². The molecule has 2 aromatic carbocycles. The third-order valence-corrected chi connectivity index (χ3v) is 12.3. The number of halogens is 1. The molecule has 0 unspecified atom stereocenters. The highest BCUT2D eigenvalue weighted by Gasteiger charge is 2.45. The van der Waals surface area contributed by atoms with Crippen molar-refractivity contribution in [3.8, 4) is 28.4 Å². The first-order chi connectivity index (χ1) is 31.6. The molecule has 17 nitrogen and oxygen atoms in total. The highest BCUT2D eigenvalue weighted by Crippen LogP contribution is 2.32. The maximum atomic E-state index is 14.4. The van der Waals surface area contributed by atoms with Crippen LogP contribution in [0.25, 0.3) is 22.6 Å². The third-order valence-electron chi connectivity index (χ3n) is 12.3. The molecule has 0 spiro atoms. The number of methoxy groups -OCH3 is 1. The minimum absolute atomic E-state index is 0.0133. The van der Waals surface area contributed by atoms with Crippen LogP contribution in [0.3, 0.4) is 0 Å². The number of alkyl halides is 1. The molecule has 0 bridgehead atoms. The number of aryl methyl sites for hydroxylation is 2. The number of carbonyl (C=O) groups excluding carboxylic acids is 4. The molecule has 2 aliphatic heterocycles. The second-order valence-corrected chi connectivity index (χ2v) is 17.9. The Morgan fingerprint density at radius 3 is 2.39 bits per heavy atom. The Morgan fingerprint density at radius 2 is 1.74 bits per heavy atom. The lowest BCUT2D eigenvalue weighted by atomic mass is 9.85. The first-order valence-electron chi connectivity index (χ1n) is 22.4. The van der Waals surface area contributed by atoms with E-state index in [1.54, 1.807) is 42.3 Å². The zero-order valence-electron chi connectivity index (χ0n) is 38.4. The number of amides is 4. The fraction of sp³-hybridized carbons (Fsp3) is 0.438. The Hall–Kier alpha value is -6.66. The van der Waals surface area contributed by atoms with E-state index in [1.807, 2.05) is 83.3 Å². The van der Waals surface area contributed by atoms with Gasteiger partial charge in [0, 0.05) is 77.1 Å². The predicted octanol–water partition coefficient (Wildman–Crippen LogP) is 4.53. The number of hydrogen-bond acceptors (Lipinski definition) is 11. The summed E-state index contributed by atoms with van der Waals surface area (Å²) in [5, 5.41) is 30.7. The second-order valence-electron chi connectivity index (χ2n) is 17.9. The van der Waals surface area contributed by atoms with Crippen molar-refractivity contribution in [1.29, 1.82) is 0 Å². The first kappa shape index (κ1) is 47.3. The fourth-order valence-electron chi connectivity index (χ4n) is 8.42. The number of aromatic nitrogens is 5. The lowest BCUT2D eigenvalue weighted by Crippen LogP contribution is -2.58. The van der Waals surface area contributed by atoms with Gasteiger partial charge in [-0.2, -0.15) is 10.2 Å². The predicted molar refractivity (Wildman–Crippen MR) is 248 cm³/mol. The number of aliphatic hydroxyl groups is 1. The zero-order valence-corrected chi connectivity index (χ0v) is 38.4. The molecular formula is C48H60FN11O6. The van der Waals surface area contributed by atoms with Crippen LogP contribution >= 0.6 is 0 Å². The van der Waals surface area contributed by atoms with Gasteiger partial charge in [-0.1, -0.05) is 58.0 Å². The summed E-state index contributed by atoms with van der Waals surface area (Å²) in [6.45, 7) is 9.76. The molecule has 350 valence electrons. The number of hydrogen-bond donors (Lipinski definition) is 5. The van der Waals surface area contributed by atoms with Gasteiger partial charge in [0.25, 0.3) is 5.91 Å². The number of pyridine rings is 1. The van der Waals surface area contributed by atoms with Crippen LogP contribution in [0, 0.1) is 5.41 Å². The molecule has 2 saturated heterocycles. The van der Waals surface area contributed by atoms with Crippen LogP contribution in [0.4, 0.5) is 15.8 Å². The Balaban J connectivity index is 0.904. The van der Waals surface area contributed by atoms with Crippen molar-refractivity contribution in [2.24, 2.45) is 12.5 Å². The summed E-state index contributed by atoms with van der Waals surface area (Å²) < 4.78 is 21.8. The Bertz CT molecular complexity index is 2490. The van der Waals surface area contributed by atoms with E-state index in [1.165, 1.54) is 4.90 Å². The minimum Gasteiger partial charge on any atom is -0.494 e. The Labute approximate surface area is 384 Å². The molecule has 5 N–H and O–H groups in total. The van der Waals surface area contributed by atoms with Crippen LogP contribution in [0.5, 0.6) is 5.75 Å². The van der Waals surface area contributed by atoms with Gasteiger partial charge in [-0.3, -0.25) is 33.9 Å². The summed E-state index contributed by atoms with van der Waals surface area (Å²) in [4.78, 5) is 65.0. The largest absolute Gasteiger partial charge is 0.494 e. The van der Waals surface area contributed by atoms with Crippen LogP contribution in [-0.2, 0) is 27.9 Å². The lowest BCUT2D eigenvalue weighted by Gasteiger charge is -2.37. The molecular weight excluding hydrogens is 846 g/mol. The third kappa shape index (κ3) is 11.1. The zero-order chi connectivity index (χ0) is 47.1. The summed E-state index contributed by atoms with van der Waals surface area (Å²) in [6.07, 6.45) is 1.64. The molecule has 66 heavy (non-hydrogen) atoms. The van der Waals surface area contributed by atoms with Gasteiger partial charge in [-0.25, -0.2) is 9.37 Å². The second kappa shape index (κ2) is 20.7. The molecule has 0 aliphatic carbocycles. The molecule has 0 saturated carbocycles. The SMILES string of the molecule is CCc1cc(-c2cccc(C(=O)Nc3ccc(N4CCN(CCC(=O)N[C@H](C(=O)N5C[C@H](O)C[C@H]5C(=O)N[C@H](CF)c5ccc(-c6ccnn6C)cc5)C(C)(C)C)CC4)cc3OC)n2)[nH]n1. The summed E-state index contributed by atoms with van der Waals surface area (Å²) in [5.41, 5.74) is 5.53. The first-order valence-corrected chi connectivity index (χ1v) is 22.4. The van der Waals surface area contributed by atoms with E-state index >= 15 is 0 Å². The van der Waals surface area contributed by atoms with Crippen LogP contribution in [0.2, 0.25) is 0 Å². The van der Waals surface area contributed by atoms with Gasteiger partial charge in [0.1, 0.15) is 30.2 Å². The van der Waals surface area contributed by atoms with Crippen molar-refractivity contribution in [2.45, 2.75) is 71.2 Å². The fourth-order valence-corrected chi connectivity index (χ4v) is 8.42. The van der Waals surface area contributed by atoms with E-state index in [4.69, 9.17) is 4.74 Å². The quantitative estimate of drug-likeness (QED) is 0.0932. The number of nitrogens with one attached hydrogen (secondary N) is 4. The number of H-pyrrole nitrogens is 1. The molecule has 4 amide bonds. The van der Waals surface area contributed by atoms with Gasteiger partial charge in [-0.05, 0) is 59.4 Å². The maximum absolute atomic E-state index is 14.4. The average molecular weight is 906 g/mol. The Morgan fingerprint density at radius 1 is 0.985 bits per heavy atom. The topological polar surface area (TPSA) is 203 Å². The van der Waals surface area contributed by atoms with E-state index in [-0.39, 0.29) is 36.9 Å². The molecule has 2 fully saturated rings. The van der Waals surface area contributed by atoms with Crippen molar-refractivity contribution in [3.63, 3.8) is 0 Å². The number of aliphatic hydroxyl groups excluding tert-OH is 1. The molecule has 3 aromatic heterocycles. The number of nitrogens with zero attached hydrogens (tertiary/aromatic N) is 7. The molecule has 7 rings (SSSR count). The van der Waals surface area contributed by atoms with E-state index in [2.05, 4.69) is 46.0 Å². The summed E-state index contributed by atoms with van der Waals surface area (Å²) in [7, 11) is 3.38. The van der Waals surface area contributed by atoms with Crippen LogP contribution in [0.15, 0.2) is 79.0 Å². The van der Waals surface area contributed by atoms with E-state index in [0.717, 1.165) is 34.8 Å². The number of anilines is 2. The van der Waals surface area contributed by atoms with E-state index < -0.39 is 48.1 Å². The minimum atomic E-state index is -1.05. The highest BCUT2D eigenvalue weighted by atomic mass is 19.1. The Kier molecular flexibility index (Phi) is 14.8. The van der Waals surface area contributed by atoms with Gasteiger partial charge in [0.2, 0.25) is 17.7 Å². The number of carbonyl (C=O) groups is 4. The van der Waals surface area contributed by atoms with Crippen molar-refractivity contribution < 1.29 is 33.4 Å². The standard InChI is InChI=1S/C48H60FN11O6/c1-7-32-25-38(56-55-32)35-9-8-10-37(51-35)45(63)52-36-16-15-33(26-42(36)66-6)59-23-21-58(22-24-59)20-18-43(62)54-44(48(2,3)4)47(65)60-29-34(61)27-41(60)46(64)53-39(28-49)30-11-13-31(14-12-30)40-17-19-50-57(40)5/h8-17,19,25-26,34,39,41,44,61H,7,18,20-24,27-29H2,1-6H3,(H,52,63)(H,53,64)(H,54,62)(H,55,56)/t34-,39-,41+,44-/m1/s1. The highest BCUT2D eigenvalue weighted by molar-refractivity contribution is 6.04. The number of β-amino-alcohol motifs (C(OH)–C–C–N with tert-alkyl or cyclic N) is 1. The summed E-state index contributed by atoms with van der Waals surface area (Å²) >= 11 is 0. The van der Waals surface area contributed by atoms with Crippen LogP contribution in [-0.4, -0.2) is 135 Å². The molecule has 5 aromatic rings. The van der Waals surface area contributed by atoms with Gasteiger partial charge >= 0.3 is 0 Å². The number of piperazine rings is 1. The number of benzene rings is 2.